The Labute approximate surface area is 110 Å². The molecule has 2 rings (SSSR count). The van der Waals surface area contributed by atoms with Crippen molar-refractivity contribution in [2.45, 2.75) is 12.6 Å². The number of nitrogens with one attached hydrogen (secondary N) is 1. The Morgan fingerprint density at radius 1 is 1.59 bits per heavy atom. The molecule has 0 radical (unpaired) electrons. The van der Waals surface area contributed by atoms with Gasteiger partial charge in [0, 0.05) is 36.8 Å². The maximum absolute atomic E-state index is 5.67. The van der Waals surface area contributed by atoms with Gasteiger partial charge in [0.15, 0.2) is 0 Å². The average Bonchev–Trinajstić information content (AvgIpc) is 2.32. The van der Waals surface area contributed by atoms with Gasteiger partial charge in [-0.25, -0.2) is 0 Å². The molecular weight excluding hydrogens is 282 g/mol. The third kappa shape index (κ3) is 4.35. The van der Waals surface area contributed by atoms with Crippen molar-refractivity contribution < 1.29 is 4.74 Å². The number of morpholine rings is 1. The first-order valence-electron chi connectivity index (χ1n) is 5.85. The number of halogens is 1. The van der Waals surface area contributed by atoms with Crippen molar-refractivity contribution in [2.75, 3.05) is 33.3 Å². The molecule has 0 bridgehead atoms. The molecule has 1 atom stereocenters. The summed E-state index contributed by atoms with van der Waals surface area (Å²) in [4.78, 5) is 6.61. The predicted octanol–water partition coefficient (Wildman–Crippen LogP) is 1.26. The van der Waals surface area contributed by atoms with Crippen molar-refractivity contribution in [3.8, 4) is 0 Å². The zero-order chi connectivity index (χ0) is 12.1. The van der Waals surface area contributed by atoms with Crippen LogP contribution in [0.1, 0.15) is 5.69 Å². The lowest BCUT2D eigenvalue weighted by Gasteiger charge is -2.30. The molecule has 0 amide bonds. The van der Waals surface area contributed by atoms with Gasteiger partial charge in [0.05, 0.1) is 18.4 Å². The fraction of sp³-hybridized carbons (Fsp3) is 0.583. The molecule has 1 fully saturated rings. The summed E-state index contributed by atoms with van der Waals surface area (Å²) in [5.74, 6) is 0. The summed E-state index contributed by atoms with van der Waals surface area (Å²) in [6.07, 6.45) is 2.12. The topological polar surface area (TPSA) is 37.4 Å². The molecule has 1 N–H and O–H groups in total. The molecule has 0 saturated carbocycles. The third-order valence-corrected chi connectivity index (χ3v) is 3.28. The number of aromatic nitrogens is 1. The first kappa shape index (κ1) is 13.0. The SMILES string of the molecule is CN1CCOC(CNCc2ccc(Br)cn2)C1. The van der Waals surface area contributed by atoms with Crippen LogP contribution in [0.25, 0.3) is 0 Å². The minimum absolute atomic E-state index is 0.296. The Morgan fingerprint density at radius 2 is 2.47 bits per heavy atom. The maximum Gasteiger partial charge on any atom is 0.0826 e. The van der Waals surface area contributed by atoms with Crippen molar-refractivity contribution >= 4 is 15.9 Å². The van der Waals surface area contributed by atoms with E-state index in [0.29, 0.717) is 6.10 Å². The second-order valence-electron chi connectivity index (χ2n) is 4.35. The smallest absolute Gasteiger partial charge is 0.0826 e. The second kappa shape index (κ2) is 6.44. The van der Waals surface area contributed by atoms with Crippen molar-refractivity contribution in [3.05, 3.63) is 28.5 Å². The van der Waals surface area contributed by atoms with E-state index in [1.807, 2.05) is 18.3 Å². The Kier molecular flexibility index (Phi) is 4.91. The standard InChI is InChI=1S/C12H18BrN3O/c1-16-4-5-17-12(9-16)8-14-7-11-3-2-10(13)6-15-11/h2-3,6,12,14H,4-5,7-9H2,1H3. The molecule has 1 aromatic rings. The zero-order valence-corrected chi connectivity index (χ0v) is 11.6. The van der Waals surface area contributed by atoms with Gasteiger partial charge in [0.25, 0.3) is 0 Å². The van der Waals surface area contributed by atoms with Crippen LogP contribution in [0.3, 0.4) is 0 Å². The van der Waals surface area contributed by atoms with E-state index in [1.54, 1.807) is 0 Å². The highest BCUT2D eigenvalue weighted by atomic mass is 79.9. The number of ether oxygens (including phenoxy) is 1. The quantitative estimate of drug-likeness (QED) is 0.908. The molecular formula is C12H18BrN3O. The van der Waals surface area contributed by atoms with Crippen LogP contribution in [0.15, 0.2) is 22.8 Å². The Hall–Kier alpha value is -0.490. The van der Waals surface area contributed by atoms with Gasteiger partial charge in [-0.05, 0) is 35.1 Å². The third-order valence-electron chi connectivity index (χ3n) is 2.81. The molecule has 1 aliphatic heterocycles. The van der Waals surface area contributed by atoms with E-state index in [9.17, 15) is 0 Å². The number of hydrogen-bond acceptors (Lipinski definition) is 4. The Balaban J connectivity index is 1.70. The minimum atomic E-state index is 0.296. The Morgan fingerprint density at radius 3 is 3.18 bits per heavy atom. The van der Waals surface area contributed by atoms with Gasteiger partial charge >= 0.3 is 0 Å². The molecule has 0 aromatic carbocycles. The molecule has 94 valence electrons. The van der Waals surface area contributed by atoms with Crippen molar-refractivity contribution in [2.24, 2.45) is 0 Å². The lowest BCUT2D eigenvalue weighted by molar-refractivity contribution is -0.0182. The lowest BCUT2D eigenvalue weighted by Crippen LogP contribution is -2.44. The predicted molar refractivity (Wildman–Crippen MR) is 70.9 cm³/mol. The average molecular weight is 300 g/mol. The minimum Gasteiger partial charge on any atom is -0.374 e. The fourth-order valence-corrected chi connectivity index (χ4v) is 2.10. The number of hydrogen-bond donors (Lipinski definition) is 1. The van der Waals surface area contributed by atoms with E-state index >= 15 is 0 Å². The van der Waals surface area contributed by atoms with Gasteiger partial charge in [-0.3, -0.25) is 4.98 Å². The van der Waals surface area contributed by atoms with E-state index in [4.69, 9.17) is 4.74 Å². The van der Waals surface area contributed by atoms with Crippen LogP contribution in [-0.2, 0) is 11.3 Å². The van der Waals surface area contributed by atoms with Crippen LogP contribution >= 0.6 is 15.9 Å². The first-order valence-corrected chi connectivity index (χ1v) is 6.64. The molecule has 5 heteroatoms. The highest BCUT2D eigenvalue weighted by Crippen LogP contribution is 2.07. The van der Waals surface area contributed by atoms with Gasteiger partial charge in [0.1, 0.15) is 0 Å². The number of likely N-dealkylation sites (N-methyl/N-ethyl adjacent to an activating group) is 1. The van der Waals surface area contributed by atoms with Crippen molar-refractivity contribution in [1.29, 1.82) is 0 Å². The molecule has 0 aliphatic carbocycles. The summed E-state index contributed by atoms with van der Waals surface area (Å²) in [5.41, 5.74) is 1.05. The first-order chi connectivity index (χ1) is 8.24. The van der Waals surface area contributed by atoms with Gasteiger partial charge in [-0.15, -0.1) is 0 Å². The van der Waals surface area contributed by atoms with E-state index in [2.05, 4.69) is 38.2 Å². The molecule has 0 spiro atoms. The monoisotopic (exact) mass is 299 g/mol. The lowest BCUT2D eigenvalue weighted by atomic mass is 10.2. The van der Waals surface area contributed by atoms with Gasteiger partial charge in [-0.1, -0.05) is 0 Å². The molecule has 17 heavy (non-hydrogen) atoms. The van der Waals surface area contributed by atoms with Gasteiger partial charge < -0.3 is 15.0 Å². The van der Waals surface area contributed by atoms with Crippen LogP contribution in [0.2, 0.25) is 0 Å². The van der Waals surface area contributed by atoms with Crippen LogP contribution in [0, 0.1) is 0 Å². The highest BCUT2D eigenvalue weighted by Gasteiger charge is 2.16. The summed E-state index contributed by atoms with van der Waals surface area (Å²) in [5, 5.41) is 3.38. The summed E-state index contributed by atoms with van der Waals surface area (Å²) < 4.78 is 6.69. The number of rotatable bonds is 4. The maximum atomic E-state index is 5.67. The molecule has 1 aromatic heterocycles. The highest BCUT2D eigenvalue weighted by molar-refractivity contribution is 9.10. The molecule has 2 heterocycles. The molecule has 1 saturated heterocycles. The van der Waals surface area contributed by atoms with E-state index < -0.39 is 0 Å². The van der Waals surface area contributed by atoms with Crippen LogP contribution in [-0.4, -0.2) is 49.3 Å². The molecule has 1 aliphatic rings. The van der Waals surface area contributed by atoms with Crippen molar-refractivity contribution in [1.82, 2.24) is 15.2 Å². The summed E-state index contributed by atoms with van der Waals surface area (Å²) >= 11 is 3.37. The largest absolute Gasteiger partial charge is 0.374 e. The van der Waals surface area contributed by atoms with E-state index in [-0.39, 0.29) is 0 Å². The summed E-state index contributed by atoms with van der Waals surface area (Å²) in [7, 11) is 2.13. The molecule has 4 nitrogen and oxygen atoms in total. The number of pyridine rings is 1. The van der Waals surface area contributed by atoms with Crippen molar-refractivity contribution in [3.63, 3.8) is 0 Å². The van der Waals surface area contributed by atoms with E-state index in [0.717, 1.165) is 43.0 Å². The summed E-state index contributed by atoms with van der Waals surface area (Å²) in [6, 6.07) is 4.03. The van der Waals surface area contributed by atoms with Crippen LogP contribution in [0.5, 0.6) is 0 Å². The zero-order valence-electron chi connectivity index (χ0n) is 10.0. The molecule has 1 unspecified atom stereocenters. The fourth-order valence-electron chi connectivity index (χ4n) is 1.86. The van der Waals surface area contributed by atoms with Gasteiger partial charge in [-0.2, -0.15) is 0 Å². The van der Waals surface area contributed by atoms with Crippen LogP contribution < -0.4 is 5.32 Å². The number of nitrogens with zero attached hydrogens (tertiary/aromatic N) is 2. The summed E-state index contributed by atoms with van der Waals surface area (Å²) in [6.45, 7) is 4.53. The van der Waals surface area contributed by atoms with Crippen LogP contribution in [0.4, 0.5) is 0 Å². The van der Waals surface area contributed by atoms with E-state index in [1.165, 1.54) is 0 Å². The normalized spacial score (nSPS) is 21.6. The Bertz CT molecular complexity index is 344. The van der Waals surface area contributed by atoms with Gasteiger partial charge in [0.2, 0.25) is 0 Å². The second-order valence-corrected chi connectivity index (χ2v) is 5.27.